The molecule has 1 rings (SSSR count). The Hall–Kier alpha value is -0.730. The second-order valence-corrected chi connectivity index (χ2v) is 3.66. The van der Waals surface area contributed by atoms with Crippen LogP contribution in [0.5, 0.6) is 0 Å². The summed E-state index contributed by atoms with van der Waals surface area (Å²) in [6.07, 6.45) is 2.11. The minimum Gasteiger partial charge on any atom is -0.449 e. The van der Waals surface area contributed by atoms with Gasteiger partial charge in [0.05, 0.1) is 6.61 Å². The third-order valence-electron chi connectivity index (χ3n) is 1.90. The molecule has 0 radical (unpaired) electrons. The summed E-state index contributed by atoms with van der Waals surface area (Å²) in [6, 6.07) is 0. The summed E-state index contributed by atoms with van der Waals surface area (Å²) in [5, 5.41) is 0. The van der Waals surface area contributed by atoms with Gasteiger partial charge in [-0.05, 0) is 18.8 Å². The Morgan fingerprint density at radius 2 is 2.00 bits per heavy atom. The van der Waals surface area contributed by atoms with Crippen LogP contribution < -0.4 is 0 Å². The minimum atomic E-state index is -0.138. The van der Waals surface area contributed by atoms with Gasteiger partial charge in [0.15, 0.2) is 0 Å². The van der Waals surface area contributed by atoms with Gasteiger partial charge in [-0.15, -0.1) is 0 Å². The van der Waals surface area contributed by atoms with Crippen molar-refractivity contribution in [2.75, 3.05) is 19.7 Å². The standard InChI is InChI=1S/C9H17NO2/c1-8(2)7-12-9(11)10-5-3-4-6-10/h8H,3-7H2,1-2H3. The van der Waals surface area contributed by atoms with Crippen molar-refractivity contribution >= 4 is 6.09 Å². The SMILES string of the molecule is CC(C)COC(=O)N1CCCC1. The summed E-state index contributed by atoms with van der Waals surface area (Å²) in [4.78, 5) is 13.0. The van der Waals surface area contributed by atoms with E-state index in [0.717, 1.165) is 25.9 Å². The molecular weight excluding hydrogens is 154 g/mol. The predicted molar refractivity (Wildman–Crippen MR) is 47.0 cm³/mol. The van der Waals surface area contributed by atoms with E-state index in [9.17, 15) is 4.79 Å². The highest BCUT2D eigenvalue weighted by Gasteiger charge is 2.18. The fourth-order valence-corrected chi connectivity index (χ4v) is 1.23. The van der Waals surface area contributed by atoms with E-state index >= 15 is 0 Å². The molecule has 0 saturated carbocycles. The summed E-state index contributed by atoms with van der Waals surface area (Å²) in [7, 11) is 0. The lowest BCUT2D eigenvalue weighted by molar-refractivity contribution is 0.0995. The highest BCUT2D eigenvalue weighted by Crippen LogP contribution is 2.09. The number of amides is 1. The average Bonchev–Trinajstić information content (AvgIpc) is 2.51. The number of carbonyl (C=O) groups is 1. The Morgan fingerprint density at radius 1 is 1.42 bits per heavy atom. The molecule has 1 heterocycles. The molecule has 1 amide bonds. The van der Waals surface area contributed by atoms with E-state index in [0.29, 0.717) is 12.5 Å². The molecule has 12 heavy (non-hydrogen) atoms. The fourth-order valence-electron chi connectivity index (χ4n) is 1.23. The van der Waals surface area contributed by atoms with Crippen LogP contribution in [0.4, 0.5) is 4.79 Å². The number of likely N-dealkylation sites (tertiary alicyclic amines) is 1. The Labute approximate surface area is 73.7 Å². The molecule has 0 aromatic rings. The van der Waals surface area contributed by atoms with Crippen LogP contribution in [0.25, 0.3) is 0 Å². The highest BCUT2D eigenvalue weighted by molar-refractivity contribution is 5.67. The first-order valence-corrected chi connectivity index (χ1v) is 4.62. The van der Waals surface area contributed by atoms with Crippen LogP contribution in [0.15, 0.2) is 0 Å². The zero-order valence-electron chi connectivity index (χ0n) is 7.88. The molecule has 3 heteroatoms. The number of hydrogen-bond acceptors (Lipinski definition) is 2. The number of nitrogens with zero attached hydrogens (tertiary/aromatic N) is 1. The van der Waals surface area contributed by atoms with Gasteiger partial charge < -0.3 is 9.64 Å². The molecule has 70 valence electrons. The van der Waals surface area contributed by atoms with E-state index in [4.69, 9.17) is 4.74 Å². The second kappa shape index (κ2) is 4.33. The lowest BCUT2D eigenvalue weighted by Gasteiger charge is -2.15. The van der Waals surface area contributed by atoms with Crippen LogP contribution in [0.2, 0.25) is 0 Å². The summed E-state index contributed by atoms with van der Waals surface area (Å²) in [5.41, 5.74) is 0. The van der Waals surface area contributed by atoms with E-state index in [1.807, 2.05) is 13.8 Å². The molecule has 1 saturated heterocycles. The van der Waals surface area contributed by atoms with Crippen LogP contribution >= 0.6 is 0 Å². The van der Waals surface area contributed by atoms with E-state index in [-0.39, 0.29) is 6.09 Å². The Bertz CT molecular complexity index is 151. The first-order chi connectivity index (χ1) is 5.70. The van der Waals surface area contributed by atoms with Gasteiger partial charge in [-0.3, -0.25) is 0 Å². The first-order valence-electron chi connectivity index (χ1n) is 4.62. The zero-order chi connectivity index (χ0) is 8.97. The number of ether oxygens (including phenoxy) is 1. The largest absolute Gasteiger partial charge is 0.449 e. The monoisotopic (exact) mass is 171 g/mol. The molecule has 0 unspecified atom stereocenters. The third-order valence-corrected chi connectivity index (χ3v) is 1.90. The number of hydrogen-bond donors (Lipinski definition) is 0. The zero-order valence-corrected chi connectivity index (χ0v) is 7.88. The molecule has 1 aliphatic heterocycles. The smallest absolute Gasteiger partial charge is 0.409 e. The van der Waals surface area contributed by atoms with Crippen LogP contribution in [0.3, 0.4) is 0 Å². The van der Waals surface area contributed by atoms with Crippen LogP contribution in [-0.4, -0.2) is 30.7 Å². The van der Waals surface area contributed by atoms with Crippen molar-refractivity contribution in [2.24, 2.45) is 5.92 Å². The Balaban J connectivity index is 2.18. The maximum Gasteiger partial charge on any atom is 0.409 e. The Kier molecular flexibility index (Phi) is 3.38. The van der Waals surface area contributed by atoms with E-state index in [1.54, 1.807) is 4.90 Å². The molecule has 0 aliphatic carbocycles. The molecule has 0 atom stereocenters. The molecule has 3 nitrogen and oxygen atoms in total. The van der Waals surface area contributed by atoms with Gasteiger partial charge >= 0.3 is 6.09 Å². The molecule has 0 aromatic carbocycles. The van der Waals surface area contributed by atoms with Crippen LogP contribution in [-0.2, 0) is 4.74 Å². The first kappa shape index (κ1) is 9.36. The summed E-state index contributed by atoms with van der Waals surface area (Å²) >= 11 is 0. The molecular formula is C9H17NO2. The minimum absolute atomic E-state index is 0.138. The highest BCUT2D eigenvalue weighted by atomic mass is 16.6. The average molecular weight is 171 g/mol. The number of carbonyl (C=O) groups excluding carboxylic acids is 1. The van der Waals surface area contributed by atoms with E-state index < -0.39 is 0 Å². The maximum atomic E-state index is 11.3. The van der Waals surface area contributed by atoms with Crippen molar-refractivity contribution in [3.05, 3.63) is 0 Å². The van der Waals surface area contributed by atoms with Crippen LogP contribution in [0, 0.1) is 5.92 Å². The van der Waals surface area contributed by atoms with Crippen molar-refractivity contribution < 1.29 is 9.53 Å². The second-order valence-electron chi connectivity index (χ2n) is 3.66. The van der Waals surface area contributed by atoms with Crippen molar-refractivity contribution in [1.29, 1.82) is 0 Å². The maximum absolute atomic E-state index is 11.3. The van der Waals surface area contributed by atoms with Gasteiger partial charge in [0.25, 0.3) is 0 Å². The number of rotatable bonds is 2. The van der Waals surface area contributed by atoms with Crippen LogP contribution in [0.1, 0.15) is 26.7 Å². The van der Waals surface area contributed by atoms with E-state index in [2.05, 4.69) is 0 Å². The van der Waals surface area contributed by atoms with E-state index in [1.165, 1.54) is 0 Å². The van der Waals surface area contributed by atoms with Crippen molar-refractivity contribution in [3.8, 4) is 0 Å². The van der Waals surface area contributed by atoms with Gasteiger partial charge in [-0.2, -0.15) is 0 Å². The normalized spacial score (nSPS) is 17.1. The molecule has 1 aliphatic rings. The van der Waals surface area contributed by atoms with Gasteiger partial charge in [-0.1, -0.05) is 13.8 Å². The van der Waals surface area contributed by atoms with Crippen molar-refractivity contribution in [3.63, 3.8) is 0 Å². The molecule has 1 fully saturated rings. The lowest BCUT2D eigenvalue weighted by Crippen LogP contribution is -2.29. The Morgan fingerprint density at radius 3 is 2.50 bits per heavy atom. The van der Waals surface area contributed by atoms with Gasteiger partial charge in [-0.25, -0.2) is 4.79 Å². The fraction of sp³-hybridized carbons (Fsp3) is 0.889. The van der Waals surface area contributed by atoms with Gasteiger partial charge in [0.2, 0.25) is 0 Å². The van der Waals surface area contributed by atoms with Crippen molar-refractivity contribution in [1.82, 2.24) is 4.90 Å². The quantitative estimate of drug-likeness (QED) is 0.634. The van der Waals surface area contributed by atoms with Gasteiger partial charge in [0, 0.05) is 13.1 Å². The summed E-state index contributed by atoms with van der Waals surface area (Å²) < 4.78 is 5.07. The lowest BCUT2D eigenvalue weighted by atomic mass is 10.2. The molecule has 0 aromatic heterocycles. The summed E-state index contributed by atoms with van der Waals surface area (Å²) in [5.74, 6) is 0.427. The topological polar surface area (TPSA) is 29.5 Å². The third kappa shape index (κ3) is 2.72. The predicted octanol–water partition coefficient (Wildman–Crippen LogP) is 1.87. The summed E-state index contributed by atoms with van der Waals surface area (Å²) in [6.45, 7) is 6.36. The molecule has 0 bridgehead atoms. The molecule has 0 spiro atoms. The van der Waals surface area contributed by atoms with Gasteiger partial charge in [0.1, 0.15) is 0 Å². The van der Waals surface area contributed by atoms with Crippen molar-refractivity contribution in [2.45, 2.75) is 26.7 Å². The molecule has 0 N–H and O–H groups in total.